The molecule has 2 unspecified atom stereocenters. The molecule has 1 aliphatic rings. The Balaban J connectivity index is 2.07. The van der Waals surface area contributed by atoms with Gasteiger partial charge >= 0.3 is 0 Å². The minimum absolute atomic E-state index is 0.169. The number of thiophene rings is 1. The van der Waals surface area contributed by atoms with Gasteiger partial charge in [0.15, 0.2) is 5.78 Å². The van der Waals surface area contributed by atoms with E-state index in [1.54, 1.807) is 11.3 Å². The Kier molecular flexibility index (Phi) is 3.22. The van der Waals surface area contributed by atoms with Crippen molar-refractivity contribution in [2.24, 2.45) is 11.7 Å². The molecule has 1 heterocycles. The van der Waals surface area contributed by atoms with Crippen LogP contribution in [-0.4, -0.2) is 11.8 Å². The van der Waals surface area contributed by atoms with Gasteiger partial charge in [-0.3, -0.25) is 4.79 Å². The smallest absolute Gasteiger partial charge is 0.166 e. The molecule has 0 spiro atoms. The first kappa shape index (κ1) is 10.8. The van der Waals surface area contributed by atoms with Crippen LogP contribution < -0.4 is 5.73 Å². The summed E-state index contributed by atoms with van der Waals surface area (Å²) in [6, 6.07) is 2.22. The third-order valence-electron chi connectivity index (χ3n) is 3.10. The Morgan fingerprint density at radius 3 is 2.93 bits per heavy atom. The Labute approximate surface area is 94.5 Å². The van der Waals surface area contributed by atoms with Gasteiger partial charge in [-0.2, -0.15) is 0 Å². The van der Waals surface area contributed by atoms with Crippen LogP contribution in [0.1, 0.15) is 40.9 Å². The second kappa shape index (κ2) is 4.45. The Morgan fingerprint density at radius 2 is 2.33 bits per heavy atom. The maximum atomic E-state index is 12.1. The Morgan fingerprint density at radius 1 is 1.53 bits per heavy atom. The van der Waals surface area contributed by atoms with E-state index in [9.17, 15) is 4.79 Å². The van der Waals surface area contributed by atoms with Crippen LogP contribution in [0.15, 0.2) is 11.4 Å². The molecule has 1 aromatic heterocycles. The summed E-state index contributed by atoms with van der Waals surface area (Å²) >= 11 is 1.65. The van der Waals surface area contributed by atoms with Gasteiger partial charge in [0.25, 0.3) is 0 Å². The highest BCUT2D eigenvalue weighted by molar-refractivity contribution is 7.10. The number of rotatable bonds is 2. The molecular weight excluding hydrogens is 206 g/mol. The fraction of sp³-hybridized carbons (Fsp3) is 0.583. The van der Waals surface area contributed by atoms with Crippen LogP contribution in [0, 0.1) is 12.8 Å². The van der Waals surface area contributed by atoms with Crippen molar-refractivity contribution < 1.29 is 4.79 Å². The van der Waals surface area contributed by atoms with E-state index in [0.717, 1.165) is 31.2 Å². The predicted molar refractivity (Wildman–Crippen MR) is 63.3 cm³/mol. The van der Waals surface area contributed by atoms with Crippen LogP contribution >= 0.6 is 11.3 Å². The third kappa shape index (κ3) is 2.47. The summed E-state index contributed by atoms with van der Waals surface area (Å²) in [4.78, 5) is 13.3. The standard InChI is InChI=1S/C12H17NOS/c1-8-5-10(7-15-8)12(14)9-3-2-4-11(13)6-9/h5,7,9,11H,2-4,6,13H2,1H3. The molecular formula is C12H17NOS. The molecule has 0 bridgehead atoms. The molecule has 3 heteroatoms. The molecule has 1 saturated carbocycles. The molecule has 0 saturated heterocycles. The number of ketones is 1. The molecule has 0 aliphatic heterocycles. The number of hydrogen-bond acceptors (Lipinski definition) is 3. The molecule has 2 nitrogen and oxygen atoms in total. The van der Waals surface area contributed by atoms with Crippen LogP contribution in [-0.2, 0) is 0 Å². The second-order valence-corrected chi connectivity index (χ2v) is 5.55. The van der Waals surface area contributed by atoms with Crippen LogP contribution in [0.2, 0.25) is 0 Å². The quantitative estimate of drug-likeness (QED) is 0.783. The second-order valence-electron chi connectivity index (χ2n) is 4.43. The summed E-state index contributed by atoms with van der Waals surface area (Å²) in [6.07, 6.45) is 4.06. The van der Waals surface area contributed by atoms with E-state index in [-0.39, 0.29) is 12.0 Å². The van der Waals surface area contributed by atoms with Crippen LogP contribution in [0.5, 0.6) is 0 Å². The van der Waals surface area contributed by atoms with Crippen molar-refractivity contribution >= 4 is 17.1 Å². The van der Waals surface area contributed by atoms with Crippen LogP contribution in [0.25, 0.3) is 0 Å². The molecule has 1 aliphatic carbocycles. The molecule has 15 heavy (non-hydrogen) atoms. The first-order valence-electron chi connectivity index (χ1n) is 5.51. The number of nitrogens with two attached hydrogens (primary N) is 1. The van der Waals surface area contributed by atoms with Crippen molar-refractivity contribution in [3.05, 3.63) is 21.9 Å². The fourth-order valence-corrected chi connectivity index (χ4v) is 2.97. The van der Waals surface area contributed by atoms with Crippen molar-refractivity contribution in [1.29, 1.82) is 0 Å². The molecule has 0 aromatic carbocycles. The molecule has 82 valence electrons. The summed E-state index contributed by atoms with van der Waals surface area (Å²) in [5, 5.41) is 1.97. The summed E-state index contributed by atoms with van der Waals surface area (Å²) in [6.45, 7) is 2.04. The number of carbonyl (C=O) groups excluding carboxylic acids is 1. The molecule has 2 N–H and O–H groups in total. The van der Waals surface area contributed by atoms with Crippen molar-refractivity contribution in [2.75, 3.05) is 0 Å². The van der Waals surface area contributed by atoms with E-state index in [1.807, 2.05) is 18.4 Å². The Hall–Kier alpha value is -0.670. The SMILES string of the molecule is Cc1cc(C(=O)C2CCCC(N)C2)cs1. The fourth-order valence-electron chi connectivity index (χ4n) is 2.27. The van der Waals surface area contributed by atoms with Gasteiger partial charge in [0.2, 0.25) is 0 Å². The predicted octanol–water partition coefficient (Wildman–Crippen LogP) is 2.76. The van der Waals surface area contributed by atoms with Crippen LogP contribution in [0.4, 0.5) is 0 Å². The van der Waals surface area contributed by atoms with Crippen molar-refractivity contribution in [3.8, 4) is 0 Å². The number of carbonyl (C=O) groups is 1. The average Bonchev–Trinajstić information content (AvgIpc) is 2.64. The monoisotopic (exact) mass is 223 g/mol. The lowest BCUT2D eigenvalue weighted by Crippen LogP contribution is -2.31. The summed E-state index contributed by atoms with van der Waals surface area (Å²) in [5.41, 5.74) is 6.78. The van der Waals surface area contributed by atoms with Crippen molar-refractivity contribution in [3.63, 3.8) is 0 Å². The summed E-state index contributed by atoms with van der Waals surface area (Å²) in [5.74, 6) is 0.470. The lowest BCUT2D eigenvalue weighted by Gasteiger charge is -2.25. The highest BCUT2D eigenvalue weighted by Crippen LogP contribution is 2.27. The zero-order valence-corrected chi connectivity index (χ0v) is 9.85. The van der Waals surface area contributed by atoms with Gasteiger partial charge in [0.1, 0.15) is 0 Å². The van der Waals surface area contributed by atoms with E-state index in [1.165, 1.54) is 4.88 Å². The molecule has 0 radical (unpaired) electrons. The van der Waals surface area contributed by atoms with E-state index >= 15 is 0 Å². The minimum atomic E-state index is 0.169. The average molecular weight is 223 g/mol. The third-order valence-corrected chi connectivity index (χ3v) is 3.96. The number of Topliss-reactive ketones (excluding diaryl/α,β-unsaturated/α-hetero) is 1. The van der Waals surface area contributed by atoms with Gasteiger partial charge in [-0.15, -0.1) is 11.3 Å². The first-order chi connectivity index (χ1) is 7.16. The number of hydrogen-bond donors (Lipinski definition) is 1. The van der Waals surface area contributed by atoms with E-state index in [0.29, 0.717) is 5.78 Å². The van der Waals surface area contributed by atoms with Gasteiger partial charge < -0.3 is 5.73 Å². The topological polar surface area (TPSA) is 43.1 Å². The largest absolute Gasteiger partial charge is 0.328 e. The van der Waals surface area contributed by atoms with Crippen LogP contribution in [0.3, 0.4) is 0 Å². The summed E-state index contributed by atoms with van der Waals surface area (Å²) in [7, 11) is 0. The van der Waals surface area contributed by atoms with Gasteiger partial charge in [-0.1, -0.05) is 6.42 Å². The van der Waals surface area contributed by atoms with Gasteiger partial charge in [0.05, 0.1) is 0 Å². The van der Waals surface area contributed by atoms with Gasteiger partial charge in [-0.25, -0.2) is 0 Å². The zero-order valence-electron chi connectivity index (χ0n) is 9.03. The Bertz CT molecular complexity index is 358. The lowest BCUT2D eigenvalue weighted by molar-refractivity contribution is 0.0882. The number of aryl methyl sites for hydroxylation is 1. The maximum Gasteiger partial charge on any atom is 0.166 e. The maximum absolute atomic E-state index is 12.1. The van der Waals surface area contributed by atoms with E-state index < -0.39 is 0 Å². The normalized spacial score (nSPS) is 26.5. The van der Waals surface area contributed by atoms with E-state index in [2.05, 4.69) is 0 Å². The van der Waals surface area contributed by atoms with Crippen molar-refractivity contribution in [2.45, 2.75) is 38.6 Å². The van der Waals surface area contributed by atoms with Gasteiger partial charge in [-0.05, 0) is 32.3 Å². The molecule has 0 amide bonds. The zero-order chi connectivity index (χ0) is 10.8. The summed E-state index contributed by atoms with van der Waals surface area (Å²) < 4.78 is 0. The molecule has 1 fully saturated rings. The first-order valence-corrected chi connectivity index (χ1v) is 6.39. The van der Waals surface area contributed by atoms with Crippen molar-refractivity contribution in [1.82, 2.24) is 0 Å². The van der Waals surface area contributed by atoms with Gasteiger partial charge in [0, 0.05) is 27.8 Å². The minimum Gasteiger partial charge on any atom is -0.328 e. The highest BCUT2D eigenvalue weighted by atomic mass is 32.1. The molecule has 2 rings (SSSR count). The lowest BCUT2D eigenvalue weighted by atomic mass is 9.82. The van der Waals surface area contributed by atoms with E-state index in [4.69, 9.17) is 5.73 Å². The molecule has 1 aromatic rings. The molecule has 2 atom stereocenters. The highest BCUT2D eigenvalue weighted by Gasteiger charge is 2.26.